The first kappa shape index (κ1) is 15.7. The zero-order valence-corrected chi connectivity index (χ0v) is 10.9. The number of alkyl halides is 5. The minimum Gasteiger partial charge on any atom is -0.206 e. The Labute approximate surface area is 121 Å². The van der Waals surface area contributed by atoms with Gasteiger partial charge >= 0.3 is 6.18 Å². The molecule has 0 nitrogen and oxygen atoms in total. The van der Waals surface area contributed by atoms with Gasteiger partial charge < -0.3 is 0 Å². The average molecular weight is 325 g/mol. The normalized spacial score (nSPS) is 12.0. The largest absolute Gasteiger partial charge is 0.416 e. The Hall–Kier alpha value is -1.69. The molecule has 7 heteroatoms. The van der Waals surface area contributed by atoms with Crippen molar-refractivity contribution >= 4 is 11.6 Å². The van der Waals surface area contributed by atoms with Gasteiger partial charge in [0.2, 0.25) is 0 Å². The molecular formula is C14H7ClF6. The van der Waals surface area contributed by atoms with E-state index < -0.39 is 29.5 Å². The van der Waals surface area contributed by atoms with Gasteiger partial charge in [-0.1, -0.05) is 23.7 Å². The molecule has 2 aromatic rings. The molecule has 0 aliphatic carbocycles. The number of hydrogen-bond donors (Lipinski definition) is 0. The van der Waals surface area contributed by atoms with Crippen LogP contribution in [0.4, 0.5) is 26.3 Å². The summed E-state index contributed by atoms with van der Waals surface area (Å²) in [5.41, 5.74) is -1.58. The molecule has 0 N–H and O–H groups in total. The molecular weight excluding hydrogens is 318 g/mol. The van der Waals surface area contributed by atoms with Crippen LogP contribution in [0.3, 0.4) is 0 Å². The van der Waals surface area contributed by atoms with Crippen LogP contribution >= 0.6 is 11.6 Å². The van der Waals surface area contributed by atoms with Crippen LogP contribution in [0.5, 0.6) is 0 Å². The van der Waals surface area contributed by atoms with E-state index in [4.69, 9.17) is 11.6 Å². The third kappa shape index (κ3) is 3.32. The molecule has 0 atom stereocenters. The predicted octanol–water partition coefficient (Wildman–Crippen LogP) is 6.10. The summed E-state index contributed by atoms with van der Waals surface area (Å²) < 4.78 is 76.2. The zero-order chi connectivity index (χ0) is 15.8. The fraction of sp³-hybridized carbons (Fsp3) is 0.143. The van der Waals surface area contributed by atoms with Crippen LogP contribution in [0.1, 0.15) is 17.6 Å². The molecule has 0 spiro atoms. The second-order valence-electron chi connectivity index (χ2n) is 4.23. The van der Waals surface area contributed by atoms with Gasteiger partial charge in [0.05, 0.1) is 10.6 Å². The summed E-state index contributed by atoms with van der Waals surface area (Å²) in [5, 5.41) is -0.346. The highest BCUT2D eigenvalue weighted by Gasteiger charge is 2.30. The Balaban J connectivity index is 2.45. The lowest BCUT2D eigenvalue weighted by Crippen LogP contribution is -2.04. The summed E-state index contributed by atoms with van der Waals surface area (Å²) in [6.07, 6.45) is -7.44. The van der Waals surface area contributed by atoms with Crippen molar-refractivity contribution in [2.45, 2.75) is 12.6 Å². The first-order chi connectivity index (χ1) is 9.70. The fourth-order valence-electron chi connectivity index (χ4n) is 1.79. The first-order valence-electron chi connectivity index (χ1n) is 5.65. The van der Waals surface area contributed by atoms with E-state index in [0.717, 1.165) is 30.3 Å². The highest BCUT2D eigenvalue weighted by Crippen LogP contribution is 2.35. The summed E-state index contributed by atoms with van der Waals surface area (Å²) in [4.78, 5) is 0. The number of halogens is 7. The van der Waals surface area contributed by atoms with E-state index in [1.54, 1.807) is 0 Å². The maximum absolute atomic E-state index is 13.8. The second kappa shape index (κ2) is 5.60. The SMILES string of the molecule is Fc1cc(C(F)F)c(Cl)cc1-c1ccc(C(F)(F)F)cc1. The molecule has 0 heterocycles. The van der Waals surface area contributed by atoms with Gasteiger partial charge in [0.25, 0.3) is 6.43 Å². The lowest BCUT2D eigenvalue weighted by atomic mass is 10.0. The van der Waals surface area contributed by atoms with E-state index in [0.29, 0.717) is 6.07 Å². The van der Waals surface area contributed by atoms with Gasteiger partial charge in [0, 0.05) is 11.1 Å². The molecule has 0 aromatic heterocycles. The second-order valence-corrected chi connectivity index (χ2v) is 4.64. The van der Waals surface area contributed by atoms with Gasteiger partial charge in [-0.3, -0.25) is 0 Å². The molecule has 0 bridgehead atoms. The van der Waals surface area contributed by atoms with Crippen LogP contribution in [0.2, 0.25) is 5.02 Å². The minimum atomic E-state index is -4.51. The van der Waals surface area contributed by atoms with Crippen molar-refractivity contribution in [3.63, 3.8) is 0 Å². The maximum Gasteiger partial charge on any atom is 0.416 e. The summed E-state index contributed by atoms with van der Waals surface area (Å²) >= 11 is 5.62. The monoisotopic (exact) mass is 324 g/mol. The van der Waals surface area contributed by atoms with Gasteiger partial charge in [0.15, 0.2) is 0 Å². The Bertz CT molecular complexity index is 646. The van der Waals surface area contributed by atoms with Crippen molar-refractivity contribution in [3.8, 4) is 11.1 Å². The smallest absolute Gasteiger partial charge is 0.206 e. The van der Waals surface area contributed by atoms with Gasteiger partial charge in [-0.05, 0) is 29.8 Å². The Morgan fingerprint density at radius 3 is 2.00 bits per heavy atom. The Morgan fingerprint density at radius 1 is 0.952 bits per heavy atom. The van der Waals surface area contributed by atoms with Crippen molar-refractivity contribution in [1.29, 1.82) is 0 Å². The van der Waals surface area contributed by atoms with Crippen molar-refractivity contribution in [3.05, 3.63) is 58.4 Å². The predicted molar refractivity (Wildman–Crippen MR) is 66.8 cm³/mol. The summed E-state index contributed by atoms with van der Waals surface area (Å²) in [6, 6.07) is 5.23. The quantitative estimate of drug-likeness (QED) is 0.585. The van der Waals surface area contributed by atoms with Crippen LogP contribution in [0.15, 0.2) is 36.4 Å². The van der Waals surface area contributed by atoms with Crippen molar-refractivity contribution in [2.24, 2.45) is 0 Å². The summed E-state index contributed by atoms with van der Waals surface area (Å²) in [5.74, 6) is -0.977. The third-order valence-corrected chi connectivity index (χ3v) is 3.17. The fourth-order valence-corrected chi connectivity index (χ4v) is 2.04. The standard InChI is InChI=1S/C14H7ClF6/c15-11-5-9(12(16)6-10(11)13(17)18)7-1-3-8(4-2-7)14(19,20)21/h1-6,13H. The molecule has 0 fully saturated rings. The first-order valence-corrected chi connectivity index (χ1v) is 6.02. The van der Waals surface area contributed by atoms with Crippen LogP contribution < -0.4 is 0 Å². The number of hydrogen-bond acceptors (Lipinski definition) is 0. The van der Waals surface area contributed by atoms with E-state index in [-0.39, 0.29) is 16.1 Å². The van der Waals surface area contributed by atoms with E-state index >= 15 is 0 Å². The lowest BCUT2D eigenvalue weighted by Gasteiger charge is -2.10. The zero-order valence-electron chi connectivity index (χ0n) is 10.2. The molecule has 0 aliphatic heterocycles. The highest BCUT2D eigenvalue weighted by molar-refractivity contribution is 6.31. The van der Waals surface area contributed by atoms with Crippen molar-refractivity contribution in [1.82, 2.24) is 0 Å². The Kier molecular flexibility index (Phi) is 4.18. The van der Waals surface area contributed by atoms with Crippen molar-refractivity contribution in [2.75, 3.05) is 0 Å². The molecule has 2 rings (SSSR count). The molecule has 112 valence electrons. The van der Waals surface area contributed by atoms with E-state index in [1.807, 2.05) is 0 Å². The van der Waals surface area contributed by atoms with E-state index in [1.165, 1.54) is 0 Å². The number of benzene rings is 2. The van der Waals surface area contributed by atoms with Crippen LogP contribution in [0.25, 0.3) is 11.1 Å². The van der Waals surface area contributed by atoms with Gasteiger partial charge in [0.1, 0.15) is 5.82 Å². The summed E-state index contributed by atoms with van der Waals surface area (Å²) in [6.45, 7) is 0. The molecule has 2 aromatic carbocycles. The molecule has 0 saturated heterocycles. The molecule has 0 radical (unpaired) electrons. The average Bonchev–Trinajstić information content (AvgIpc) is 2.40. The Morgan fingerprint density at radius 2 is 1.52 bits per heavy atom. The molecule has 0 unspecified atom stereocenters. The topological polar surface area (TPSA) is 0 Å². The molecule has 0 saturated carbocycles. The maximum atomic E-state index is 13.8. The van der Waals surface area contributed by atoms with Crippen molar-refractivity contribution < 1.29 is 26.3 Å². The third-order valence-electron chi connectivity index (χ3n) is 2.84. The lowest BCUT2D eigenvalue weighted by molar-refractivity contribution is -0.137. The molecule has 21 heavy (non-hydrogen) atoms. The number of rotatable bonds is 2. The van der Waals surface area contributed by atoms with E-state index in [2.05, 4.69) is 0 Å². The van der Waals surface area contributed by atoms with Gasteiger partial charge in [-0.15, -0.1) is 0 Å². The summed E-state index contributed by atoms with van der Waals surface area (Å²) in [7, 11) is 0. The van der Waals surface area contributed by atoms with Gasteiger partial charge in [-0.25, -0.2) is 13.2 Å². The van der Waals surface area contributed by atoms with Crippen LogP contribution in [0, 0.1) is 5.82 Å². The highest BCUT2D eigenvalue weighted by atomic mass is 35.5. The van der Waals surface area contributed by atoms with Gasteiger partial charge in [-0.2, -0.15) is 13.2 Å². The van der Waals surface area contributed by atoms with E-state index in [9.17, 15) is 26.3 Å². The van der Waals surface area contributed by atoms with Crippen LogP contribution in [-0.4, -0.2) is 0 Å². The molecule has 0 amide bonds. The minimum absolute atomic E-state index is 0.114. The molecule has 0 aliphatic rings. The van der Waals surface area contributed by atoms with Crippen LogP contribution in [-0.2, 0) is 6.18 Å².